The van der Waals surface area contributed by atoms with Crippen LogP contribution in [0.4, 0.5) is 0 Å². The van der Waals surface area contributed by atoms with Crippen LogP contribution in [0.5, 0.6) is 0 Å². The van der Waals surface area contributed by atoms with Crippen LogP contribution in [-0.4, -0.2) is 19.9 Å². The van der Waals surface area contributed by atoms with Crippen LogP contribution in [0.15, 0.2) is 175 Å². The van der Waals surface area contributed by atoms with E-state index in [1.807, 2.05) is 36.7 Å². The molecule has 0 aliphatic rings. The van der Waals surface area contributed by atoms with Crippen LogP contribution >= 0.6 is 0 Å². The molecular formula is C52H34N4O. The summed E-state index contributed by atoms with van der Waals surface area (Å²) in [5.74, 6) is 0. The fourth-order valence-electron chi connectivity index (χ4n) is 8.26. The van der Waals surface area contributed by atoms with Crippen LogP contribution in [0.25, 0.3) is 111 Å². The molecule has 0 aliphatic carbocycles. The zero-order chi connectivity index (χ0) is 38.0. The summed E-state index contributed by atoms with van der Waals surface area (Å²) in [7, 11) is 0. The fourth-order valence-corrected chi connectivity index (χ4v) is 8.26. The van der Waals surface area contributed by atoms with Gasteiger partial charge in [-0.05, 0) is 78.6 Å². The molecule has 0 atom stereocenters. The van der Waals surface area contributed by atoms with Gasteiger partial charge in [-0.25, -0.2) is 9.97 Å². The van der Waals surface area contributed by atoms with Crippen molar-refractivity contribution in [2.24, 2.45) is 0 Å². The molecule has 0 amide bonds. The van der Waals surface area contributed by atoms with Gasteiger partial charge in [0.05, 0.1) is 33.6 Å². The molecule has 6 aromatic carbocycles. The molecule has 268 valence electrons. The maximum Gasteiger partial charge on any atom is 0.139 e. The molecule has 0 aliphatic heterocycles. The minimum Gasteiger partial charge on any atom is -0.455 e. The second kappa shape index (κ2) is 13.1. The zero-order valence-electron chi connectivity index (χ0n) is 31.4. The summed E-state index contributed by atoms with van der Waals surface area (Å²) in [6, 6.07) is 55.0. The van der Waals surface area contributed by atoms with E-state index in [4.69, 9.17) is 19.4 Å². The second-order valence-corrected chi connectivity index (χ2v) is 14.7. The third-order valence-corrected chi connectivity index (χ3v) is 11.2. The lowest BCUT2D eigenvalue weighted by Crippen LogP contribution is -1.94. The Morgan fingerprint density at radius 1 is 0.439 bits per heavy atom. The van der Waals surface area contributed by atoms with Gasteiger partial charge in [0, 0.05) is 67.1 Å². The van der Waals surface area contributed by atoms with Gasteiger partial charge in [-0.3, -0.25) is 9.97 Å². The minimum absolute atomic E-state index is 0.856. The predicted molar refractivity (Wildman–Crippen MR) is 234 cm³/mol. The zero-order valence-corrected chi connectivity index (χ0v) is 31.4. The number of rotatable bonds is 5. The number of aryl methyl sites for hydroxylation is 2. The average Bonchev–Trinajstić information content (AvgIpc) is 3.68. The molecule has 57 heavy (non-hydrogen) atoms. The normalized spacial score (nSPS) is 11.7. The van der Waals surface area contributed by atoms with Crippen LogP contribution in [0.1, 0.15) is 11.1 Å². The molecule has 0 saturated heterocycles. The van der Waals surface area contributed by atoms with Crippen molar-refractivity contribution in [2.75, 3.05) is 0 Å². The second-order valence-electron chi connectivity index (χ2n) is 14.7. The lowest BCUT2D eigenvalue weighted by atomic mass is 9.94. The van der Waals surface area contributed by atoms with Gasteiger partial charge in [-0.15, -0.1) is 0 Å². The van der Waals surface area contributed by atoms with Crippen molar-refractivity contribution >= 4 is 54.6 Å². The Balaban J connectivity index is 1.10. The number of hydrogen-bond acceptors (Lipinski definition) is 5. The number of aromatic nitrogens is 4. The van der Waals surface area contributed by atoms with Crippen LogP contribution < -0.4 is 0 Å². The molecular weight excluding hydrogens is 697 g/mol. The van der Waals surface area contributed by atoms with Crippen molar-refractivity contribution in [3.63, 3.8) is 0 Å². The maximum atomic E-state index is 6.78. The quantitative estimate of drug-likeness (QED) is 0.165. The van der Waals surface area contributed by atoms with Crippen molar-refractivity contribution < 1.29 is 4.42 Å². The molecule has 0 spiro atoms. The van der Waals surface area contributed by atoms with E-state index in [9.17, 15) is 0 Å². The molecule has 5 nitrogen and oxygen atoms in total. The summed E-state index contributed by atoms with van der Waals surface area (Å²) in [5, 5.41) is 5.40. The number of nitrogens with zero attached hydrogens (tertiary/aromatic N) is 4. The van der Waals surface area contributed by atoms with Crippen molar-refractivity contribution in [3.05, 3.63) is 181 Å². The van der Waals surface area contributed by atoms with Crippen molar-refractivity contribution in [1.29, 1.82) is 0 Å². The smallest absolute Gasteiger partial charge is 0.139 e. The highest BCUT2D eigenvalue weighted by atomic mass is 16.3. The standard InChI is InChI=1S/C52H34N4O/c1-31-15-21-42(33-10-5-3-6-11-33)48-43-23-22-41(32(2)52(43)57-51(31)48)47-29-39(28-46(55-47)37-18-16-35-14-9-25-53-45(35)27-37)40-26-38-19-17-36-20-24-44(34-12-7-4-8-13-34)56-50(36)49(38)54-30-40/h3-30H,1-2H3. The first-order valence-electron chi connectivity index (χ1n) is 19.2. The van der Waals surface area contributed by atoms with E-state index < -0.39 is 0 Å². The summed E-state index contributed by atoms with van der Waals surface area (Å²) >= 11 is 0. The number of benzene rings is 6. The highest BCUT2D eigenvalue weighted by Crippen LogP contribution is 2.42. The monoisotopic (exact) mass is 730 g/mol. The highest BCUT2D eigenvalue weighted by Gasteiger charge is 2.20. The van der Waals surface area contributed by atoms with Gasteiger partial charge in [0.25, 0.3) is 0 Å². The molecule has 0 saturated carbocycles. The van der Waals surface area contributed by atoms with Gasteiger partial charge in [0.1, 0.15) is 11.2 Å². The van der Waals surface area contributed by atoms with E-state index in [-0.39, 0.29) is 0 Å². The molecule has 0 radical (unpaired) electrons. The molecule has 5 heterocycles. The molecule has 11 aromatic rings. The Morgan fingerprint density at radius 3 is 2.05 bits per heavy atom. The van der Waals surface area contributed by atoms with Crippen molar-refractivity contribution in [2.45, 2.75) is 13.8 Å². The van der Waals surface area contributed by atoms with E-state index >= 15 is 0 Å². The lowest BCUT2D eigenvalue weighted by Gasteiger charge is -2.13. The number of hydrogen-bond donors (Lipinski definition) is 0. The Kier molecular flexibility index (Phi) is 7.54. The summed E-state index contributed by atoms with van der Waals surface area (Å²) < 4.78 is 6.78. The average molecular weight is 731 g/mol. The third-order valence-electron chi connectivity index (χ3n) is 11.2. The first-order chi connectivity index (χ1) is 28.1. The predicted octanol–water partition coefficient (Wildman–Crippen LogP) is 13.6. The summed E-state index contributed by atoms with van der Waals surface area (Å²) in [4.78, 5) is 20.2. The van der Waals surface area contributed by atoms with Gasteiger partial charge < -0.3 is 4.42 Å². The van der Waals surface area contributed by atoms with Crippen LogP contribution in [0.2, 0.25) is 0 Å². The van der Waals surface area contributed by atoms with Gasteiger partial charge in [0.15, 0.2) is 0 Å². The molecule has 0 bridgehead atoms. The number of fused-ring (bicyclic) bond motifs is 7. The van der Waals surface area contributed by atoms with Crippen LogP contribution in [-0.2, 0) is 0 Å². The molecule has 0 N–H and O–H groups in total. The van der Waals surface area contributed by atoms with E-state index in [1.165, 1.54) is 5.56 Å². The van der Waals surface area contributed by atoms with E-state index in [2.05, 4.69) is 152 Å². The van der Waals surface area contributed by atoms with Gasteiger partial charge in [0.2, 0.25) is 0 Å². The van der Waals surface area contributed by atoms with Gasteiger partial charge >= 0.3 is 0 Å². The number of furan rings is 1. The molecule has 0 unspecified atom stereocenters. The van der Waals surface area contributed by atoms with E-state index in [1.54, 1.807) is 0 Å². The third kappa shape index (κ3) is 5.55. The van der Waals surface area contributed by atoms with Crippen LogP contribution in [0.3, 0.4) is 0 Å². The van der Waals surface area contributed by atoms with Crippen molar-refractivity contribution in [3.8, 4) is 56.0 Å². The Labute approximate surface area is 329 Å². The van der Waals surface area contributed by atoms with Gasteiger partial charge in [-0.1, -0.05) is 115 Å². The minimum atomic E-state index is 0.856. The topological polar surface area (TPSA) is 64.7 Å². The summed E-state index contributed by atoms with van der Waals surface area (Å²) in [6.45, 7) is 4.26. The lowest BCUT2D eigenvalue weighted by molar-refractivity contribution is 0.663. The first-order valence-corrected chi connectivity index (χ1v) is 19.2. The fraction of sp³-hybridized carbons (Fsp3) is 0.0385. The van der Waals surface area contributed by atoms with E-state index in [0.29, 0.717) is 0 Å². The maximum absolute atomic E-state index is 6.78. The Bertz CT molecular complexity index is 3370. The van der Waals surface area contributed by atoms with E-state index in [0.717, 1.165) is 116 Å². The van der Waals surface area contributed by atoms with Crippen LogP contribution in [0, 0.1) is 13.8 Å². The summed E-state index contributed by atoms with van der Waals surface area (Å²) in [6.07, 6.45) is 3.80. The molecule has 11 rings (SSSR count). The number of pyridine rings is 4. The molecule has 5 aromatic heterocycles. The Hall–Kier alpha value is -7.50. The van der Waals surface area contributed by atoms with Gasteiger partial charge in [-0.2, -0.15) is 0 Å². The first kappa shape index (κ1) is 32.9. The Morgan fingerprint density at radius 2 is 1.19 bits per heavy atom. The largest absolute Gasteiger partial charge is 0.455 e. The van der Waals surface area contributed by atoms with Crippen molar-refractivity contribution in [1.82, 2.24) is 19.9 Å². The molecule has 0 fully saturated rings. The highest BCUT2D eigenvalue weighted by molar-refractivity contribution is 6.15. The SMILES string of the molecule is Cc1c(-c2cc(-c3cnc4c(ccc5ccc(-c6ccccc6)nc54)c3)cc(-c3ccc4cccnc4c3)n2)ccc2c1oc1c(C)ccc(-c3ccccc3)c12. The molecule has 5 heteroatoms. The summed E-state index contributed by atoms with van der Waals surface area (Å²) in [5.41, 5.74) is 16.7.